The van der Waals surface area contributed by atoms with Gasteiger partial charge in [0.1, 0.15) is 17.4 Å². The maximum absolute atomic E-state index is 12.8. The van der Waals surface area contributed by atoms with Crippen LogP contribution >= 0.6 is 0 Å². The van der Waals surface area contributed by atoms with Crippen molar-refractivity contribution in [3.63, 3.8) is 0 Å². The Bertz CT molecular complexity index is 847. The number of aromatic nitrogens is 2. The third-order valence-electron chi connectivity index (χ3n) is 4.08. The van der Waals surface area contributed by atoms with Gasteiger partial charge in [-0.25, -0.2) is 9.37 Å². The minimum atomic E-state index is -0.314. The Hall–Kier alpha value is -3.15. The third kappa shape index (κ3) is 5.95. The molecule has 0 fully saturated rings. The summed E-state index contributed by atoms with van der Waals surface area (Å²) in [7, 11) is 0. The third-order valence-corrected chi connectivity index (χ3v) is 4.08. The van der Waals surface area contributed by atoms with Crippen molar-refractivity contribution < 1.29 is 13.9 Å². The summed E-state index contributed by atoms with van der Waals surface area (Å²) in [5.74, 6) is 1.08. The van der Waals surface area contributed by atoms with Crippen LogP contribution in [0.3, 0.4) is 0 Å². The summed E-state index contributed by atoms with van der Waals surface area (Å²) in [6.07, 6.45) is 4.62. The van der Waals surface area contributed by atoms with E-state index in [1.807, 2.05) is 24.4 Å². The second-order valence-corrected chi connectivity index (χ2v) is 6.11. The van der Waals surface area contributed by atoms with Crippen LogP contribution in [0.5, 0.6) is 5.75 Å². The van der Waals surface area contributed by atoms with Crippen LogP contribution in [0, 0.1) is 5.82 Å². The topological polar surface area (TPSA) is 56.1 Å². The summed E-state index contributed by atoms with van der Waals surface area (Å²) >= 11 is 0. The maximum atomic E-state index is 12.8. The van der Waals surface area contributed by atoms with Gasteiger partial charge in [-0.05, 0) is 29.8 Å². The van der Waals surface area contributed by atoms with Gasteiger partial charge in [0.15, 0.2) is 0 Å². The van der Waals surface area contributed by atoms with Crippen LogP contribution in [-0.4, -0.2) is 28.6 Å². The lowest BCUT2D eigenvalue weighted by Gasteiger charge is -2.09. The molecule has 140 valence electrons. The van der Waals surface area contributed by atoms with Crippen molar-refractivity contribution in [3.8, 4) is 5.75 Å². The predicted molar refractivity (Wildman–Crippen MR) is 101 cm³/mol. The van der Waals surface area contributed by atoms with Crippen LogP contribution in [0.15, 0.2) is 67.0 Å². The predicted octanol–water partition coefficient (Wildman–Crippen LogP) is 3.20. The standard InChI is InChI=1S/C21H22FN3O2/c22-18-6-8-19(9-7-18)27-15-11-21(26)24-12-10-20-23-13-14-25(20)16-17-4-2-1-3-5-17/h1-9,13-14H,10-12,15-16H2,(H,24,26). The quantitative estimate of drug-likeness (QED) is 0.632. The van der Waals surface area contributed by atoms with Crippen molar-refractivity contribution in [2.75, 3.05) is 13.2 Å². The first-order chi connectivity index (χ1) is 13.2. The molecule has 6 heteroatoms. The van der Waals surface area contributed by atoms with Gasteiger partial charge in [0.25, 0.3) is 0 Å². The number of halogens is 1. The van der Waals surface area contributed by atoms with E-state index in [-0.39, 0.29) is 24.8 Å². The zero-order valence-corrected chi connectivity index (χ0v) is 15.0. The van der Waals surface area contributed by atoms with Gasteiger partial charge >= 0.3 is 0 Å². The molecule has 0 saturated heterocycles. The van der Waals surface area contributed by atoms with Gasteiger partial charge in [0.05, 0.1) is 13.0 Å². The molecule has 2 aromatic carbocycles. The molecule has 1 amide bonds. The monoisotopic (exact) mass is 367 g/mol. The van der Waals surface area contributed by atoms with Crippen LogP contribution in [0.25, 0.3) is 0 Å². The first-order valence-electron chi connectivity index (χ1n) is 8.90. The highest BCUT2D eigenvalue weighted by Crippen LogP contribution is 2.11. The molecule has 0 atom stereocenters. The van der Waals surface area contributed by atoms with Crippen LogP contribution in [0.2, 0.25) is 0 Å². The van der Waals surface area contributed by atoms with Crippen LogP contribution in [-0.2, 0) is 17.8 Å². The lowest BCUT2D eigenvalue weighted by Crippen LogP contribution is -2.27. The van der Waals surface area contributed by atoms with E-state index >= 15 is 0 Å². The van der Waals surface area contributed by atoms with E-state index in [0.29, 0.717) is 18.7 Å². The van der Waals surface area contributed by atoms with E-state index in [1.165, 1.54) is 17.7 Å². The summed E-state index contributed by atoms with van der Waals surface area (Å²) in [4.78, 5) is 16.3. The largest absolute Gasteiger partial charge is 0.493 e. The maximum Gasteiger partial charge on any atom is 0.223 e. The average molecular weight is 367 g/mol. The highest BCUT2D eigenvalue weighted by atomic mass is 19.1. The lowest BCUT2D eigenvalue weighted by atomic mass is 10.2. The number of benzene rings is 2. The first kappa shape index (κ1) is 18.6. The zero-order valence-electron chi connectivity index (χ0n) is 15.0. The Morgan fingerprint density at radius 3 is 2.67 bits per heavy atom. The number of nitrogens with zero attached hydrogens (tertiary/aromatic N) is 2. The highest BCUT2D eigenvalue weighted by Gasteiger charge is 2.06. The minimum Gasteiger partial charge on any atom is -0.493 e. The molecule has 0 aliphatic carbocycles. The number of rotatable bonds is 9. The molecule has 3 aromatic rings. The molecular formula is C21H22FN3O2. The van der Waals surface area contributed by atoms with E-state index in [1.54, 1.807) is 18.3 Å². The Labute approximate surface area is 157 Å². The van der Waals surface area contributed by atoms with Crippen LogP contribution in [0.1, 0.15) is 17.8 Å². The molecule has 1 heterocycles. The number of nitrogens with one attached hydrogen (secondary N) is 1. The summed E-state index contributed by atoms with van der Waals surface area (Å²) in [6, 6.07) is 15.9. The fourth-order valence-electron chi connectivity index (χ4n) is 2.69. The van der Waals surface area contributed by atoms with Crippen molar-refractivity contribution in [1.29, 1.82) is 0 Å². The van der Waals surface area contributed by atoms with Crippen molar-refractivity contribution in [3.05, 3.63) is 84.2 Å². The Kier molecular flexibility index (Phi) is 6.57. The van der Waals surface area contributed by atoms with E-state index in [4.69, 9.17) is 4.74 Å². The zero-order chi connectivity index (χ0) is 18.9. The van der Waals surface area contributed by atoms with Crippen LogP contribution in [0.4, 0.5) is 4.39 Å². The van der Waals surface area contributed by atoms with Gasteiger partial charge in [-0.2, -0.15) is 0 Å². The lowest BCUT2D eigenvalue weighted by molar-refractivity contribution is -0.121. The summed E-state index contributed by atoms with van der Waals surface area (Å²) in [6.45, 7) is 1.52. The summed E-state index contributed by atoms with van der Waals surface area (Å²) in [5, 5.41) is 2.88. The molecule has 0 spiro atoms. The highest BCUT2D eigenvalue weighted by molar-refractivity contribution is 5.75. The number of hydrogen-bond donors (Lipinski definition) is 1. The summed E-state index contributed by atoms with van der Waals surface area (Å²) in [5.41, 5.74) is 1.21. The molecule has 1 N–H and O–H groups in total. The molecule has 0 saturated carbocycles. The van der Waals surface area contributed by atoms with Gasteiger partial charge in [-0.15, -0.1) is 0 Å². The van der Waals surface area contributed by atoms with Crippen molar-refractivity contribution in [1.82, 2.24) is 14.9 Å². The van der Waals surface area contributed by atoms with Crippen molar-refractivity contribution in [2.45, 2.75) is 19.4 Å². The fourth-order valence-corrected chi connectivity index (χ4v) is 2.69. The van der Waals surface area contributed by atoms with Gasteiger partial charge < -0.3 is 14.6 Å². The first-order valence-corrected chi connectivity index (χ1v) is 8.90. The molecule has 0 radical (unpaired) electrons. The number of carbonyl (C=O) groups excluding carboxylic acids is 1. The van der Waals surface area contributed by atoms with Gasteiger partial charge in [0.2, 0.25) is 5.91 Å². The van der Waals surface area contributed by atoms with Gasteiger partial charge in [0, 0.05) is 31.9 Å². The van der Waals surface area contributed by atoms with Crippen LogP contribution < -0.4 is 10.1 Å². The van der Waals surface area contributed by atoms with Gasteiger partial charge in [-0.3, -0.25) is 4.79 Å². The molecule has 1 aromatic heterocycles. The molecule has 0 aliphatic rings. The van der Waals surface area contributed by atoms with Crippen molar-refractivity contribution >= 4 is 5.91 Å². The second-order valence-electron chi connectivity index (χ2n) is 6.11. The Morgan fingerprint density at radius 2 is 1.89 bits per heavy atom. The van der Waals surface area contributed by atoms with E-state index in [2.05, 4.69) is 27.0 Å². The van der Waals surface area contributed by atoms with E-state index in [9.17, 15) is 9.18 Å². The Morgan fingerprint density at radius 1 is 1.11 bits per heavy atom. The summed E-state index contributed by atoms with van der Waals surface area (Å²) < 4.78 is 20.3. The number of imidazole rings is 1. The molecule has 0 bridgehead atoms. The number of amides is 1. The number of ether oxygens (including phenoxy) is 1. The number of carbonyl (C=O) groups is 1. The minimum absolute atomic E-state index is 0.0849. The number of hydrogen-bond acceptors (Lipinski definition) is 3. The smallest absolute Gasteiger partial charge is 0.223 e. The van der Waals surface area contributed by atoms with E-state index < -0.39 is 0 Å². The van der Waals surface area contributed by atoms with Gasteiger partial charge in [-0.1, -0.05) is 30.3 Å². The average Bonchev–Trinajstić information content (AvgIpc) is 3.11. The molecular weight excluding hydrogens is 345 g/mol. The molecule has 0 unspecified atom stereocenters. The normalized spacial score (nSPS) is 10.6. The van der Waals surface area contributed by atoms with E-state index in [0.717, 1.165) is 12.4 Å². The second kappa shape index (κ2) is 9.52. The molecule has 0 aliphatic heterocycles. The fraction of sp³-hybridized carbons (Fsp3) is 0.238. The molecule has 27 heavy (non-hydrogen) atoms. The molecule has 3 rings (SSSR count). The molecule has 5 nitrogen and oxygen atoms in total. The SMILES string of the molecule is O=C(CCOc1ccc(F)cc1)NCCc1nccn1Cc1ccccc1. The Balaban J connectivity index is 1.38. The van der Waals surface area contributed by atoms with Crippen molar-refractivity contribution in [2.24, 2.45) is 0 Å².